The van der Waals surface area contributed by atoms with Gasteiger partial charge in [0.1, 0.15) is 0 Å². The Morgan fingerprint density at radius 3 is 2.71 bits per heavy atom. The molecule has 0 aliphatic carbocycles. The van der Waals surface area contributed by atoms with Crippen molar-refractivity contribution >= 4 is 5.69 Å². The Kier molecular flexibility index (Phi) is 5.70. The molecule has 0 amide bonds. The standard InChI is InChI=1S/C16H25N3O2/c1-3-18-8-6-14(7-9-18)11-17-12-15-5-4-13(2)16(10-15)19(20)21/h4-5,10,14,17H,3,6-9,11-12H2,1-2H3. The van der Waals surface area contributed by atoms with Gasteiger partial charge in [-0.25, -0.2) is 0 Å². The summed E-state index contributed by atoms with van der Waals surface area (Å²) in [7, 11) is 0. The van der Waals surface area contributed by atoms with Gasteiger partial charge in [-0.3, -0.25) is 10.1 Å². The summed E-state index contributed by atoms with van der Waals surface area (Å²) >= 11 is 0. The molecule has 0 saturated carbocycles. The second kappa shape index (κ2) is 7.52. The van der Waals surface area contributed by atoms with Crippen LogP contribution in [-0.4, -0.2) is 36.0 Å². The number of piperidine rings is 1. The van der Waals surface area contributed by atoms with E-state index in [-0.39, 0.29) is 10.6 Å². The lowest BCUT2D eigenvalue weighted by atomic mass is 9.97. The number of nitro groups is 1. The van der Waals surface area contributed by atoms with Crippen molar-refractivity contribution < 1.29 is 4.92 Å². The fourth-order valence-corrected chi connectivity index (χ4v) is 2.89. The third-order valence-electron chi connectivity index (χ3n) is 4.39. The van der Waals surface area contributed by atoms with Crippen molar-refractivity contribution in [3.63, 3.8) is 0 Å². The Morgan fingerprint density at radius 2 is 2.10 bits per heavy atom. The number of hydrogen-bond acceptors (Lipinski definition) is 4. The summed E-state index contributed by atoms with van der Waals surface area (Å²) in [4.78, 5) is 13.1. The van der Waals surface area contributed by atoms with E-state index in [4.69, 9.17) is 0 Å². The molecule has 0 spiro atoms. The molecule has 1 N–H and O–H groups in total. The first kappa shape index (κ1) is 15.9. The highest BCUT2D eigenvalue weighted by Crippen LogP contribution is 2.20. The van der Waals surface area contributed by atoms with Gasteiger partial charge in [-0.05, 0) is 57.4 Å². The normalized spacial score (nSPS) is 17.0. The Labute approximate surface area is 126 Å². The first-order valence-electron chi connectivity index (χ1n) is 7.77. The van der Waals surface area contributed by atoms with Crippen LogP contribution in [-0.2, 0) is 6.54 Å². The predicted molar refractivity (Wildman–Crippen MR) is 84.4 cm³/mol. The van der Waals surface area contributed by atoms with Crippen LogP contribution in [0.4, 0.5) is 5.69 Å². The number of hydrogen-bond donors (Lipinski definition) is 1. The maximum absolute atomic E-state index is 10.9. The third-order valence-corrected chi connectivity index (χ3v) is 4.39. The van der Waals surface area contributed by atoms with Crippen LogP contribution in [0.25, 0.3) is 0 Å². The minimum Gasteiger partial charge on any atom is -0.312 e. The highest BCUT2D eigenvalue weighted by Gasteiger charge is 2.17. The summed E-state index contributed by atoms with van der Waals surface area (Å²) in [6, 6.07) is 5.48. The van der Waals surface area contributed by atoms with Crippen molar-refractivity contribution in [1.82, 2.24) is 10.2 Å². The van der Waals surface area contributed by atoms with Gasteiger partial charge < -0.3 is 10.2 Å². The summed E-state index contributed by atoms with van der Waals surface area (Å²) in [5.74, 6) is 0.730. The van der Waals surface area contributed by atoms with Crippen molar-refractivity contribution in [3.05, 3.63) is 39.4 Å². The van der Waals surface area contributed by atoms with Crippen molar-refractivity contribution in [1.29, 1.82) is 0 Å². The van der Waals surface area contributed by atoms with Crippen LogP contribution in [0, 0.1) is 23.0 Å². The van der Waals surface area contributed by atoms with Crippen LogP contribution < -0.4 is 5.32 Å². The SMILES string of the molecule is CCN1CCC(CNCc2ccc(C)c([N+](=O)[O-])c2)CC1. The molecule has 0 bridgehead atoms. The number of nitrogens with one attached hydrogen (secondary N) is 1. The lowest BCUT2D eigenvalue weighted by Crippen LogP contribution is -2.36. The zero-order chi connectivity index (χ0) is 15.2. The molecule has 5 heteroatoms. The van der Waals surface area contributed by atoms with Crippen LogP contribution in [0.3, 0.4) is 0 Å². The van der Waals surface area contributed by atoms with Crippen LogP contribution in [0.2, 0.25) is 0 Å². The van der Waals surface area contributed by atoms with E-state index in [0.717, 1.165) is 30.1 Å². The molecule has 1 saturated heterocycles. The van der Waals surface area contributed by atoms with Crippen molar-refractivity contribution in [3.8, 4) is 0 Å². The van der Waals surface area contributed by atoms with Crippen LogP contribution in [0.15, 0.2) is 18.2 Å². The molecule has 21 heavy (non-hydrogen) atoms. The fourth-order valence-electron chi connectivity index (χ4n) is 2.89. The smallest absolute Gasteiger partial charge is 0.272 e. The molecule has 0 radical (unpaired) electrons. The number of aryl methyl sites for hydroxylation is 1. The number of benzene rings is 1. The first-order valence-corrected chi connectivity index (χ1v) is 7.77. The van der Waals surface area contributed by atoms with Crippen LogP contribution >= 0.6 is 0 Å². The highest BCUT2D eigenvalue weighted by atomic mass is 16.6. The molecule has 1 heterocycles. The molecule has 0 unspecified atom stereocenters. The molecule has 1 aromatic rings. The topological polar surface area (TPSA) is 58.4 Å². The molecule has 5 nitrogen and oxygen atoms in total. The average molecular weight is 291 g/mol. The van der Waals surface area contributed by atoms with Gasteiger partial charge in [0.15, 0.2) is 0 Å². The summed E-state index contributed by atoms with van der Waals surface area (Å²) in [5.41, 5.74) is 1.92. The maximum Gasteiger partial charge on any atom is 0.272 e. The highest BCUT2D eigenvalue weighted by molar-refractivity contribution is 5.42. The molecule has 1 fully saturated rings. The minimum atomic E-state index is -0.306. The van der Waals surface area contributed by atoms with Crippen molar-refractivity contribution in [2.24, 2.45) is 5.92 Å². The molecule has 1 aromatic carbocycles. The van der Waals surface area contributed by atoms with E-state index in [1.165, 1.54) is 25.9 Å². The minimum absolute atomic E-state index is 0.213. The van der Waals surface area contributed by atoms with Gasteiger partial charge in [-0.2, -0.15) is 0 Å². The van der Waals surface area contributed by atoms with Crippen molar-refractivity contribution in [2.75, 3.05) is 26.2 Å². The van der Waals surface area contributed by atoms with Gasteiger partial charge in [0.25, 0.3) is 5.69 Å². The second-order valence-corrected chi connectivity index (χ2v) is 5.89. The molecule has 2 rings (SSSR count). The van der Waals surface area contributed by atoms with Crippen LogP contribution in [0.1, 0.15) is 30.9 Å². The monoisotopic (exact) mass is 291 g/mol. The first-order chi connectivity index (χ1) is 10.1. The summed E-state index contributed by atoms with van der Waals surface area (Å²) in [6.45, 7) is 9.22. The maximum atomic E-state index is 10.9. The summed E-state index contributed by atoms with van der Waals surface area (Å²) < 4.78 is 0. The summed E-state index contributed by atoms with van der Waals surface area (Å²) in [6.07, 6.45) is 2.49. The van der Waals surface area contributed by atoms with Crippen molar-refractivity contribution in [2.45, 2.75) is 33.2 Å². The van der Waals surface area contributed by atoms with Gasteiger partial charge in [0.2, 0.25) is 0 Å². The van der Waals surface area contributed by atoms with Crippen LogP contribution in [0.5, 0.6) is 0 Å². The molecule has 1 aliphatic heterocycles. The van der Waals surface area contributed by atoms with E-state index < -0.39 is 0 Å². The Hall–Kier alpha value is -1.46. The molecular weight excluding hydrogens is 266 g/mol. The van der Waals surface area contributed by atoms with E-state index >= 15 is 0 Å². The van der Waals surface area contributed by atoms with Gasteiger partial charge in [-0.15, -0.1) is 0 Å². The van der Waals surface area contributed by atoms with Gasteiger partial charge >= 0.3 is 0 Å². The zero-order valence-electron chi connectivity index (χ0n) is 13.0. The third kappa shape index (κ3) is 4.51. The van der Waals surface area contributed by atoms with E-state index in [1.54, 1.807) is 13.0 Å². The molecule has 116 valence electrons. The average Bonchev–Trinajstić information content (AvgIpc) is 2.49. The van der Waals surface area contributed by atoms with Gasteiger partial charge in [0.05, 0.1) is 4.92 Å². The Balaban J connectivity index is 1.79. The summed E-state index contributed by atoms with van der Waals surface area (Å²) in [5, 5.41) is 14.4. The fraction of sp³-hybridized carbons (Fsp3) is 0.625. The molecular formula is C16H25N3O2. The number of nitro benzene ring substituents is 1. The molecule has 0 atom stereocenters. The predicted octanol–water partition coefficient (Wildman–Crippen LogP) is 2.72. The van der Waals surface area contributed by atoms with Gasteiger partial charge in [0, 0.05) is 18.2 Å². The number of nitrogens with zero attached hydrogens (tertiary/aromatic N) is 2. The van der Waals surface area contributed by atoms with E-state index in [2.05, 4.69) is 17.1 Å². The van der Waals surface area contributed by atoms with E-state index in [1.807, 2.05) is 12.1 Å². The Morgan fingerprint density at radius 1 is 1.38 bits per heavy atom. The lowest BCUT2D eigenvalue weighted by molar-refractivity contribution is -0.385. The number of likely N-dealkylation sites (tertiary alicyclic amines) is 1. The van der Waals surface area contributed by atoms with E-state index in [9.17, 15) is 10.1 Å². The lowest BCUT2D eigenvalue weighted by Gasteiger charge is -2.31. The molecule has 1 aliphatic rings. The number of rotatable bonds is 6. The Bertz CT molecular complexity index is 482. The quantitative estimate of drug-likeness (QED) is 0.647. The van der Waals surface area contributed by atoms with E-state index in [0.29, 0.717) is 6.54 Å². The largest absolute Gasteiger partial charge is 0.312 e. The van der Waals surface area contributed by atoms with Gasteiger partial charge in [-0.1, -0.05) is 19.1 Å². The molecule has 0 aromatic heterocycles. The zero-order valence-corrected chi connectivity index (χ0v) is 13.0. The second-order valence-electron chi connectivity index (χ2n) is 5.89.